The lowest BCUT2D eigenvalue weighted by molar-refractivity contribution is -0.117. The van der Waals surface area contributed by atoms with Crippen molar-refractivity contribution in [3.05, 3.63) is 79.0 Å². The molecule has 1 aromatic carbocycles. The van der Waals surface area contributed by atoms with Gasteiger partial charge in [0.15, 0.2) is 5.65 Å². The maximum Gasteiger partial charge on any atom is 0.236 e. The Labute approximate surface area is 139 Å². The van der Waals surface area contributed by atoms with Gasteiger partial charge in [0.2, 0.25) is 5.91 Å². The molecule has 0 atom stereocenters. The van der Waals surface area contributed by atoms with Crippen molar-refractivity contribution in [2.24, 2.45) is 5.92 Å². The number of benzene rings is 1. The molecule has 0 unspecified atom stereocenters. The number of hydrogen-bond acceptors (Lipinski definition) is 3. The molecule has 4 rings (SSSR count). The first-order valence-corrected chi connectivity index (χ1v) is 7.78. The molecule has 0 radical (unpaired) electrons. The Balaban J connectivity index is 1.81. The first-order valence-electron chi connectivity index (χ1n) is 7.78. The monoisotopic (exact) mass is 313 g/mol. The number of hydrogen-bond donors (Lipinski definition) is 1. The number of amides is 1. The molecule has 0 bridgehead atoms. The van der Waals surface area contributed by atoms with E-state index < -0.39 is 0 Å². The molecule has 2 heterocycles. The van der Waals surface area contributed by atoms with E-state index in [9.17, 15) is 4.79 Å². The normalized spacial score (nSPS) is 13.5. The lowest BCUT2D eigenvalue weighted by atomic mass is 10.0. The molecule has 1 amide bonds. The standard InChI is InChI=1S/C20H15N3O/c24-20(15-9-4-5-10-15)23-19-17(14-7-2-1-3-8-14)13-16-11-6-12-21-18(16)22-19/h1-13,15H,(H,21,22,23,24). The van der Waals surface area contributed by atoms with Crippen LogP contribution in [0.1, 0.15) is 0 Å². The second-order valence-electron chi connectivity index (χ2n) is 5.59. The largest absolute Gasteiger partial charge is 0.309 e. The highest BCUT2D eigenvalue weighted by Gasteiger charge is 2.18. The molecule has 0 spiro atoms. The Kier molecular flexibility index (Phi) is 3.63. The van der Waals surface area contributed by atoms with Crippen LogP contribution in [0.3, 0.4) is 0 Å². The number of rotatable bonds is 3. The van der Waals surface area contributed by atoms with Gasteiger partial charge in [0.1, 0.15) is 5.82 Å². The summed E-state index contributed by atoms with van der Waals surface area (Å²) in [5.41, 5.74) is 2.50. The molecule has 24 heavy (non-hydrogen) atoms. The van der Waals surface area contributed by atoms with Crippen LogP contribution in [0.15, 0.2) is 79.0 Å². The number of fused-ring (bicyclic) bond motifs is 1. The Hall–Kier alpha value is -3.27. The Morgan fingerprint density at radius 1 is 1.00 bits per heavy atom. The van der Waals surface area contributed by atoms with E-state index in [4.69, 9.17) is 0 Å². The summed E-state index contributed by atoms with van der Waals surface area (Å²) >= 11 is 0. The Bertz CT molecular complexity index is 949. The van der Waals surface area contributed by atoms with Crippen LogP contribution in [-0.4, -0.2) is 15.9 Å². The lowest BCUT2D eigenvalue weighted by Crippen LogP contribution is -2.20. The molecule has 4 nitrogen and oxygen atoms in total. The number of nitrogens with zero attached hydrogens (tertiary/aromatic N) is 2. The summed E-state index contributed by atoms with van der Waals surface area (Å²) in [6.07, 6.45) is 9.16. The molecule has 1 N–H and O–H groups in total. The average Bonchev–Trinajstić information content (AvgIpc) is 3.17. The molecule has 1 aliphatic carbocycles. The van der Waals surface area contributed by atoms with Crippen molar-refractivity contribution in [1.29, 1.82) is 0 Å². The van der Waals surface area contributed by atoms with E-state index >= 15 is 0 Å². The Morgan fingerprint density at radius 3 is 2.58 bits per heavy atom. The van der Waals surface area contributed by atoms with Gasteiger partial charge in [-0.05, 0) is 23.8 Å². The molecular formula is C20H15N3O. The summed E-state index contributed by atoms with van der Waals surface area (Å²) in [5, 5.41) is 3.89. The smallest absolute Gasteiger partial charge is 0.236 e. The zero-order chi connectivity index (χ0) is 16.4. The van der Waals surface area contributed by atoms with Gasteiger partial charge in [-0.25, -0.2) is 9.97 Å². The SMILES string of the molecule is O=C(Nc1nc2ncccc2cc1-c1ccccc1)C1C=CC=C1. The van der Waals surface area contributed by atoms with E-state index in [0.29, 0.717) is 11.5 Å². The number of aromatic nitrogens is 2. The number of allylic oxidation sites excluding steroid dienone is 2. The number of nitrogens with one attached hydrogen (secondary N) is 1. The summed E-state index contributed by atoms with van der Waals surface area (Å²) in [4.78, 5) is 21.3. The summed E-state index contributed by atoms with van der Waals surface area (Å²) in [5.74, 6) is 0.181. The van der Waals surface area contributed by atoms with E-state index in [1.807, 2.05) is 72.8 Å². The van der Waals surface area contributed by atoms with Gasteiger partial charge in [0.25, 0.3) is 0 Å². The minimum atomic E-state index is -0.255. The number of carbonyl (C=O) groups excluding carboxylic acids is 1. The third-order valence-corrected chi connectivity index (χ3v) is 3.97. The van der Waals surface area contributed by atoms with Gasteiger partial charge < -0.3 is 5.32 Å². The van der Waals surface area contributed by atoms with E-state index in [0.717, 1.165) is 16.5 Å². The summed E-state index contributed by atoms with van der Waals surface area (Å²) in [6, 6.07) is 15.8. The number of carbonyl (C=O) groups is 1. The fourth-order valence-corrected chi connectivity index (χ4v) is 2.75. The van der Waals surface area contributed by atoms with E-state index in [-0.39, 0.29) is 11.8 Å². The van der Waals surface area contributed by atoms with Crippen molar-refractivity contribution in [2.45, 2.75) is 0 Å². The van der Waals surface area contributed by atoms with Crippen LogP contribution >= 0.6 is 0 Å². The van der Waals surface area contributed by atoms with E-state index in [2.05, 4.69) is 15.3 Å². The highest BCUT2D eigenvalue weighted by molar-refractivity contribution is 5.99. The van der Waals surface area contributed by atoms with Crippen LogP contribution in [0.4, 0.5) is 5.82 Å². The van der Waals surface area contributed by atoms with Gasteiger partial charge in [-0.2, -0.15) is 0 Å². The third-order valence-electron chi connectivity index (χ3n) is 3.97. The summed E-state index contributed by atoms with van der Waals surface area (Å²) in [6.45, 7) is 0. The molecule has 4 heteroatoms. The van der Waals surface area contributed by atoms with Crippen molar-refractivity contribution in [1.82, 2.24) is 9.97 Å². The minimum absolute atomic E-state index is 0.0973. The zero-order valence-corrected chi connectivity index (χ0v) is 12.9. The van der Waals surface area contributed by atoms with Crippen molar-refractivity contribution < 1.29 is 4.79 Å². The first kappa shape index (κ1) is 14.3. The van der Waals surface area contributed by atoms with Gasteiger partial charge in [0, 0.05) is 17.1 Å². The molecule has 1 aliphatic rings. The highest BCUT2D eigenvalue weighted by Crippen LogP contribution is 2.30. The van der Waals surface area contributed by atoms with Gasteiger partial charge >= 0.3 is 0 Å². The molecule has 0 saturated carbocycles. The van der Waals surface area contributed by atoms with Gasteiger partial charge in [-0.3, -0.25) is 4.79 Å². The molecule has 0 fully saturated rings. The lowest BCUT2D eigenvalue weighted by Gasteiger charge is -2.13. The number of anilines is 1. The maximum absolute atomic E-state index is 12.5. The zero-order valence-electron chi connectivity index (χ0n) is 12.9. The van der Waals surface area contributed by atoms with Crippen LogP contribution in [0.5, 0.6) is 0 Å². The predicted molar refractivity (Wildman–Crippen MR) is 95.4 cm³/mol. The minimum Gasteiger partial charge on any atom is -0.309 e. The molecule has 0 aliphatic heterocycles. The van der Waals surface area contributed by atoms with Crippen molar-refractivity contribution in [3.8, 4) is 11.1 Å². The summed E-state index contributed by atoms with van der Waals surface area (Å²) in [7, 11) is 0. The van der Waals surface area contributed by atoms with Crippen LogP contribution in [0, 0.1) is 5.92 Å². The Morgan fingerprint density at radius 2 is 1.79 bits per heavy atom. The third kappa shape index (κ3) is 2.70. The van der Waals surface area contributed by atoms with E-state index in [1.54, 1.807) is 6.20 Å². The van der Waals surface area contributed by atoms with Crippen molar-refractivity contribution in [3.63, 3.8) is 0 Å². The van der Waals surface area contributed by atoms with Crippen molar-refractivity contribution in [2.75, 3.05) is 5.32 Å². The van der Waals surface area contributed by atoms with Crippen LogP contribution < -0.4 is 5.32 Å². The molecule has 2 aromatic heterocycles. The van der Waals surface area contributed by atoms with Crippen LogP contribution in [0.25, 0.3) is 22.2 Å². The molecule has 0 saturated heterocycles. The maximum atomic E-state index is 12.5. The second kappa shape index (κ2) is 6.08. The average molecular weight is 313 g/mol. The predicted octanol–water partition coefficient (Wildman–Crippen LogP) is 3.98. The quantitative estimate of drug-likeness (QED) is 0.796. The molecular weight excluding hydrogens is 298 g/mol. The van der Waals surface area contributed by atoms with Crippen molar-refractivity contribution >= 4 is 22.8 Å². The fraction of sp³-hybridized carbons (Fsp3) is 0.0500. The van der Waals surface area contributed by atoms with Gasteiger partial charge in [-0.1, -0.05) is 54.6 Å². The first-order chi connectivity index (χ1) is 11.8. The highest BCUT2D eigenvalue weighted by atomic mass is 16.1. The topological polar surface area (TPSA) is 54.9 Å². The second-order valence-corrected chi connectivity index (χ2v) is 5.59. The fourth-order valence-electron chi connectivity index (χ4n) is 2.75. The van der Waals surface area contributed by atoms with E-state index in [1.165, 1.54) is 0 Å². The van der Waals surface area contributed by atoms with Gasteiger partial charge in [-0.15, -0.1) is 0 Å². The van der Waals surface area contributed by atoms with Gasteiger partial charge in [0.05, 0.1) is 5.92 Å². The number of pyridine rings is 2. The van der Waals surface area contributed by atoms with Crippen LogP contribution in [-0.2, 0) is 4.79 Å². The molecule has 116 valence electrons. The molecule has 3 aromatic rings. The summed E-state index contributed by atoms with van der Waals surface area (Å²) < 4.78 is 0. The van der Waals surface area contributed by atoms with Crippen LogP contribution in [0.2, 0.25) is 0 Å².